The fourth-order valence-electron chi connectivity index (χ4n) is 3.69. The molecular weight excluding hydrogens is 392 g/mol. The molecule has 0 aromatic heterocycles. The van der Waals surface area contributed by atoms with Crippen molar-refractivity contribution in [1.29, 1.82) is 0 Å². The summed E-state index contributed by atoms with van der Waals surface area (Å²) in [5.41, 5.74) is 3.06. The Bertz CT molecular complexity index is 816. The van der Waals surface area contributed by atoms with Gasteiger partial charge in [0.15, 0.2) is 0 Å². The van der Waals surface area contributed by atoms with E-state index in [4.69, 9.17) is 0 Å². The molecule has 166 valence electrons. The molecule has 0 saturated heterocycles. The van der Waals surface area contributed by atoms with Crippen LogP contribution in [0.2, 0.25) is 0 Å². The van der Waals surface area contributed by atoms with Gasteiger partial charge < -0.3 is 4.90 Å². The van der Waals surface area contributed by atoms with Crippen LogP contribution in [0.25, 0.3) is 0 Å². The zero-order chi connectivity index (χ0) is 21.8. The lowest BCUT2D eigenvalue weighted by molar-refractivity contribution is 0.391. The minimum atomic E-state index is -3.38. The summed E-state index contributed by atoms with van der Waals surface area (Å²) >= 11 is 0. The van der Waals surface area contributed by atoms with Crippen LogP contribution in [0.5, 0.6) is 0 Å². The molecule has 5 heteroatoms. The van der Waals surface area contributed by atoms with Crippen LogP contribution in [-0.4, -0.2) is 32.4 Å². The molecule has 0 bridgehead atoms. The molecule has 0 radical (unpaired) electrons. The number of nitrogens with zero attached hydrogens (tertiary/aromatic N) is 2. The van der Waals surface area contributed by atoms with Gasteiger partial charge in [-0.05, 0) is 43.5 Å². The van der Waals surface area contributed by atoms with Gasteiger partial charge in [0, 0.05) is 31.9 Å². The third-order valence-electron chi connectivity index (χ3n) is 5.52. The topological polar surface area (TPSA) is 40.6 Å². The summed E-state index contributed by atoms with van der Waals surface area (Å²) in [7, 11) is -3.38. The van der Waals surface area contributed by atoms with Crippen LogP contribution < -0.4 is 4.90 Å². The van der Waals surface area contributed by atoms with Crippen molar-refractivity contribution in [2.45, 2.75) is 65.2 Å². The molecule has 0 saturated carbocycles. The third-order valence-corrected chi connectivity index (χ3v) is 7.32. The molecule has 2 aromatic carbocycles. The van der Waals surface area contributed by atoms with E-state index in [-0.39, 0.29) is 5.75 Å². The molecule has 30 heavy (non-hydrogen) atoms. The molecule has 0 N–H and O–H groups in total. The van der Waals surface area contributed by atoms with Gasteiger partial charge in [-0.2, -0.15) is 4.31 Å². The normalized spacial score (nSPS) is 11.7. The number of benzene rings is 2. The Kier molecular flexibility index (Phi) is 10.4. The molecule has 0 heterocycles. The van der Waals surface area contributed by atoms with E-state index in [9.17, 15) is 8.42 Å². The number of hydrogen-bond donors (Lipinski definition) is 0. The van der Waals surface area contributed by atoms with E-state index < -0.39 is 10.0 Å². The van der Waals surface area contributed by atoms with Crippen molar-refractivity contribution in [3.05, 3.63) is 65.7 Å². The van der Waals surface area contributed by atoms with Gasteiger partial charge in [-0.3, -0.25) is 0 Å². The molecule has 0 amide bonds. The molecule has 0 aliphatic heterocycles. The summed E-state index contributed by atoms with van der Waals surface area (Å²) in [4.78, 5) is 2.29. The average molecular weight is 431 g/mol. The highest BCUT2D eigenvalue weighted by Crippen LogP contribution is 2.19. The highest BCUT2D eigenvalue weighted by atomic mass is 32.2. The first-order valence-corrected chi connectivity index (χ1v) is 13.0. The number of anilines is 1. The van der Waals surface area contributed by atoms with Gasteiger partial charge in [0.25, 0.3) is 0 Å². The van der Waals surface area contributed by atoms with E-state index in [1.54, 1.807) is 4.31 Å². The maximum absolute atomic E-state index is 13.2. The zero-order valence-electron chi connectivity index (χ0n) is 18.9. The molecule has 0 aliphatic rings. The maximum atomic E-state index is 13.2. The van der Waals surface area contributed by atoms with Crippen molar-refractivity contribution < 1.29 is 8.42 Å². The second-order valence-electron chi connectivity index (χ2n) is 7.83. The van der Waals surface area contributed by atoms with Crippen LogP contribution in [-0.2, 0) is 22.3 Å². The van der Waals surface area contributed by atoms with Gasteiger partial charge in [0.2, 0.25) is 10.0 Å². The van der Waals surface area contributed by atoms with E-state index in [1.165, 1.54) is 24.9 Å². The van der Waals surface area contributed by atoms with Gasteiger partial charge in [0.1, 0.15) is 0 Å². The van der Waals surface area contributed by atoms with E-state index in [0.29, 0.717) is 13.1 Å². The SMILES string of the molecule is CCCCCCCN(Cc1ccc(N(CC)CC)cc1)S(=O)(=O)Cc1ccccc1. The quantitative estimate of drug-likeness (QED) is 0.354. The molecule has 0 fully saturated rings. The molecule has 2 rings (SSSR count). The van der Waals surface area contributed by atoms with Crippen LogP contribution in [0.4, 0.5) is 5.69 Å². The molecule has 0 spiro atoms. The van der Waals surface area contributed by atoms with Gasteiger partial charge in [-0.15, -0.1) is 0 Å². The molecule has 0 aliphatic carbocycles. The van der Waals surface area contributed by atoms with Crippen LogP contribution >= 0.6 is 0 Å². The van der Waals surface area contributed by atoms with Crippen LogP contribution in [0.1, 0.15) is 64.0 Å². The summed E-state index contributed by atoms with van der Waals surface area (Å²) in [5.74, 6) is 0.0559. The van der Waals surface area contributed by atoms with Gasteiger partial charge in [-0.1, -0.05) is 75.1 Å². The number of hydrogen-bond acceptors (Lipinski definition) is 3. The van der Waals surface area contributed by atoms with E-state index in [2.05, 4.69) is 49.9 Å². The van der Waals surface area contributed by atoms with E-state index >= 15 is 0 Å². The van der Waals surface area contributed by atoms with Crippen molar-refractivity contribution in [2.24, 2.45) is 0 Å². The Balaban J connectivity index is 2.12. The van der Waals surface area contributed by atoms with Crippen LogP contribution in [0, 0.1) is 0 Å². The second-order valence-corrected chi connectivity index (χ2v) is 9.80. The average Bonchev–Trinajstić information content (AvgIpc) is 2.75. The Morgan fingerprint density at radius 3 is 1.97 bits per heavy atom. The van der Waals surface area contributed by atoms with E-state index in [1.807, 2.05) is 30.3 Å². The predicted molar refractivity (Wildman–Crippen MR) is 128 cm³/mol. The van der Waals surface area contributed by atoms with Gasteiger partial charge in [0.05, 0.1) is 5.75 Å². The lowest BCUT2D eigenvalue weighted by Gasteiger charge is -2.24. The minimum absolute atomic E-state index is 0.0559. The first kappa shape index (κ1) is 24.4. The fraction of sp³-hybridized carbons (Fsp3) is 0.520. The monoisotopic (exact) mass is 430 g/mol. The van der Waals surface area contributed by atoms with Gasteiger partial charge in [-0.25, -0.2) is 8.42 Å². The summed E-state index contributed by atoms with van der Waals surface area (Å²) in [6, 6.07) is 17.8. The van der Waals surface area contributed by atoms with Crippen LogP contribution in [0.15, 0.2) is 54.6 Å². The summed E-state index contributed by atoms with van der Waals surface area (Å²) in [5, 5.41) is 0. The largest absolute Gasteiger partial charge is 0.372 e. The lowest BCUT2D eigenvalue weighted by Crippen LogP contribution is -2.32. The Hall–Kier alpha value is -1.85. The Morgan fingerprint density at radius 1 is 0.733 bits per heavy atom. The predicted octanol–water partition coefficient (Wildman–Crippen LogP) is 5.84. The molecule has 0 atom stereocenters. The molecule has 2 aromatic rings. The minimum Gasteiger partial charge on any atom is -0.372 e. The highest BCUT2D eigenvalue weighted by Gasteiger charge is 2.22. The summed E-state index contributed by atoms with van der Waals surface area (Å²) in [6.45, 7) is 9.43. The number of rotatable bonds is 14. The Morgan fingerprint density at radius 2 is 1.37 bits per heavy atom. The molecule has 4 nitrogen and oxygen atoms in total. The lowest BCUT2D eigenvalue weighted by atomic mass is 10.1. The number of unbranched alkanes of at least 4 members (excludes halogenated alkanes) is 4. The van der Waals surface area contributed by atoms with Crippen molar-refractivity contribution >= 4 is 15.7 Å². The third kappa shape index (κ3) is 7.77. The molecular formula is C25H38N2O2S. The smallest absolute Gasteiger partial charge is 0.218 e. The van der Waals surface area contributed by atoms with Crippen molar-refractivity contribution in [2.75, 3.05) is 24.5 Å². The second kappa shape index (κ2) is 12.8. The van der Waals surface area contributed by atoms with Crippen molar-refractivity contribution in [3.63, 3.8) is 0 Å². The molecule has 0 unspecified atom stereocenters. The Labute approximate surface area is 184 Å². The highest BCUT2D eigenvalue weighted by molar-refractivity contribution is 7.88. The fourth-order valence-corrected chi connectivity index (χ4v) is 5.24. The van der Waals surface area contributed by atoms with E-state index in [0.717, 1.165) is 37.1 Å². The van der Waals surface area contributed by atoms with Crippen molar-refractivity contribution in [1.82, 2.24) is 4.31 Å². The summed E-state index contributed by atoms with van der Waals surface area (Å²) < 4.78 is 28.1. The van der Waals surface area contributed by atoms with Gasteiger partial charge >= 0.3 is 0 Å². The first-order chi connectivity index (χ1) is 14.5. The first-order valence-electron chi connectivity index (χ1n) is 11.4. The van der Waals surface area contributed by atoms with Crippen molar-refractivity contribution in [3.8, 4) is 0 Å². The maximum Gasteiger partial charge on any atom is 0.218 e. The van der Waals surface area contributed by atoms with Crippen LogP contribution in [0.3, 0.4) is 0 Å². The number of sulfonamides is 1. The standard InChI is InChI=1S/C25H38N2O2S/c1-4-7-8-9-13-20-27(30(28,29)22-24-14-11-10-12-15-24)21-23-16-18-25(19-17-23)26(5-2)6-3/h10-12,14-19H,4-9,13,20-22H2,1-3H3. The summed E-state index contributed by atoms with van der Waals surface area (Å²) in [6.07, 6.45) is 5.55. The zero-order valence-corrected chi connectivity index (χ0v) is 19.7.